The van der Waals surface area contributed by atoms with Crippen molar-refractivity contribution in [3.05, 3.63) is 0 Å². The molecule has 1 unspecified atom stereocenters. The average Bonchev–Trinajstić information content (AvgIpc) is 2.74. The second-order valence-corrected chi connectivity index (χ2v) is 9.29. The van der Waals surface area contributed by atoms with Crippen LogP contribution in [0.4, 0.5) is 0 Å². The quantitative estimate of drug-likeness (QED) is 0.277. The van der Waals surface area contributed by atoms with Crippen molar-refractivity contribution >= 4 is 5.97 Å². The zero-order valence-corrected chi connectivity index (χ0v) is 19.5. The van der Waals surface area contributed by atoms with Gasteiger partial charge in [0.1, 0.15) is 18.3 Å². The monoisotopic (exact) mass is 445 g/mol. The highest BCUT2D eigenvalue weighted by Crippen LogP contribution is 2.30. The molecular formula is C23H43NO7. The Morgan fingerprint density at radius 3 is 2.32 bits per heavy atom. The topological polar surface area (TPSA) is 106 Å². The van der Waals surface area contributed by atoms with E-state index in [0.29, 0.717) is 13.0 Å². The zero-order valence-electron chi connectivity index (χ0n) is 19.5. The summed E-state index contributed by atoms with van der Waals surface area (Å²) in [6.45, 7) is 6.26. The number of carbonyl (C=O) groups excluding carboxylic acids is 1. The molecular weight excluding hydrogens is 402 g/mol. The van der Waals surface area contributed by atoms with Gasteiger partial charge in [-0.25, -0.2) is 4.79 Å². The van der Waals surface area contributed by atoms with Crippen molar-refractivity contribution in [1.29, 1.82) is 0 Å². The van der Waals surface area contributed by atoms with Gasteiger partial charge in [-0.3, -0.25) is 0 Å². The highest BCUT2D eigenvalue weighted by molar-refractivity contribution is 5.73. The summed E-state index contributed by atoms with van der Waals surface area (Å²) < 4.78 is 17.0. The zero-order chi connectivity index (χ0) is 22.7. The van der Waals surface area contributed by atoms with Gasteiger partial charge in [0, 0.05) is 0 Å². The standard InChI is InChI=1S/C23H43NO7/c1-4-5-6-7-8-9-10-11-12-13-14-18(25)22(27)31-24-17-15-28-19-16-29-23(2,3)30-21(19)20(17)26/h17-21,24-26H,4-16H2,1-3H3/t17-,18?,19+,20+,21+/m0/s1. The molecule has 31 heavy (non-hydrogen) atoms. The summed E-state index contributed by atoms with van der Waals surface area (Å²) in [4.78, 5) is 17.1. The summed E-state index contributed by atoms with van der Waals surface area (Å²) >= 11 is 0. The Morgan fingerprint density at radius 2 is 1.68 bits per heavy atom. The van der Waals surface area contributed by atoms with Gasteiger partial charge < -0.3 is 29.3 Å². The SMILES string of the molecule is CCCCCCCCCCCCC(O)C(=O)ON[C@H]1CO[C@@H]2COC(C)(C)O[C@H]2[C@@H]1O. The van der Waals surface area contributed by atoms with E-state index in [1.807, 2.05) is 0 Å². The Morgan fingerprint density at radius 1 is 1.06 bits per heavy atom. The molecule has 8 heteroatoms. The van der Waals surface area contributed by atoms with Gasteiger partial charge in [0.2, 0.25) is 0 Å². The number of unbranched alkanes of at least 4 members (excludes halogenated alkanes) is 9. The van der Waals surface area contributed by atoms with Gasteiger partial charge in [-0.15, -0.1) is 5.48 Å². The molecule has 2 aliphatic heterocycles. The summed E-state index contributed by atoms with van der Waals surface area (Å²) in [5, 5.41) is 20.6. The number of nitrogens with one attached hydrogen (secondary N) is 1. The van der Waals surface area contributed by atoms with E-state index >= 15 is 0 Å². The van der Waals surface area contributed by atoms with Crippen LogP contribution in [-0.4, -0.2) is 65.6 Å². The average molecular weight is 446 g/mol. The number of aliphatic hydroxyl groups excluding tert-OH is 2. The molecule has 3 N–H and O–H groups in total. The molecule has 0 aromatic carbocycles. The second-order valence-electron chi connectivity index (χ2n) is 9.29. The lowest BCUT2D eigenvalue weighted by atomic mass is 9.97. The maximum absolute atomic E-state index is 12.1. The van der Waals surface area contributed by atoms with Crippen LogP contribution in [0.15, 0.2) is 0 Å². The van der Waals surface area contributed by atoms with Crippen LogP contribution in [0, 0.1) is 0 Å². The predicted octanol–water partition coefficient (Wildman–Crippen LogP) is 2.99. The Hall–Kier alpha value is -0.770. The van der Waals surface area contributed by atoms with Crippen molar-refractivity contribution in [1.82, 2.24) is 5.48 Å². The number of hydrogen-bond acceptors (Lipinski definition) is 8. The van der Waals surface area contributed by atoms with Crippen LogP contribution >= 0.6 is 0 Å². The molecule has 2 fully saturated rings. The molecule has 0 radical (unpaired) electrons. The number of carbonyl (C=O) groups is 1. The predicted molar refractivity (Wildman–Crippen MR) is 116 cm³/mol. The van der Waals surface area contributed by atoms with Crippen molar-refractivity contribution in [3.8, 4) is 0 Å². The number of ether oxygens (including phenoxy) is 3. The molecule has 2 saturated heterocycles. The third-order valence-corrected chi connectivity index (χ3v) is 6.03. The van der Waals surface area contributed by atoms with Gasteiger partial charge >= 0.3 is 5.97 Å². The van der Waals surface area contributed by atoms with E-state index < -0.39 is 36.1 Å². The lowest BCUT2D eigenvalue weighted by Gasteiger charge is -2.47. The van der Waals surface area contributed by atoms with Gasteiger partial charge in [0.05, 0.1) is 19.3 Å². The summed E-state index contributed by atoms with van der Waals surface area (Å²) in [7, 11) is 0. The fourth-order valence-corrected chi connectivity index (χ4v) is 4.05. The molecule has 0 aliphatic carbocycles. The van der Waals surface area contributed by atoms with Crippen LogP contribution in [-0.2, 0) is 23.8 Å². The van der Waals surface area contributed by atoms with Gasteiger partial charge in [-0.2, -0.15) is 0 Å². The van der Waals surface area contributed by atoms with E-state index in [2.05, 4.69) is 12.4 Å². The smallest absolute Gasteiger partial charge is 0.353 e. The van der Waals surface area contributed by atoms with Crippen molar-refractivity contribution in [2.45, 2.75) is 128 Å². The van der Waals surface area contributed by atoms with Crippen molar-refractivity contribution < 1.29 is 34.1 Å². The minimum Gasteiger partial charge on any atom is -0.388 e. The molecule has 8 nitrogen and oxygen atoms in total. The number of aliphatic hydroxyl groups is 2. The Balaban J connectivity index is 1.55. The first kappa shape index (κ1) is 26.5. The minimum absolute atomic E-state index is 0.150. The highest BCUT2D eigenvalue weighted by Gasteiger charge is 2.47. The summed E-state index contributed by atoms with van der Waals surface area (Å²) in [5.74, 6) is -1.55. The molecule has 5 atom stereocenters. The minimum atomic E-state index is -1.17. The second kappa shape index (κ2) is 13.7. The number of rotatable bonds is 14. The molecule has 2 aliphatic rings. The van der Waals surface area contributed by atoms with E-state index in [0.717, 1.165) is 19.3 Å². The van der Waals surface area contributed by atoms with Crippen LogP contribution in [0.2, 0.25) is 0 Å². The molecule has 0 aromatic rings. The maximum atomic E-state index is 12.1. The van der Waals surface area contributed by atoms with Crippen molar-refractivity contribution in [2.24, 2.45) is 0 Å². The fourth-order valence-electron chi connectivity index (χ4n) is 4.05. The third kappa shape index (κ3) is 9.32. The number of hydroxylamine groups is 1. The number of hydrogen-bond donors (Lipinski definition) is 3. The summed E-state index contributed by atoms with van der Waals surface area (Å²) in [6.07, 6.45) is 9.29. The first-order chi connectivity index (χ1) is 14.8. The lowest BCUT2D eigenvalue weighted by molar-refractivity contribution is -0.341. The third-order valence-electron chi connectivity index (χ3n) is 6.03. The van der Waals surface area contributed by atoms with E-state index in [-0.39, 0.29) is 12.7 Å². The summed E-state index contributed by atoms with van der Waals surface area (Å²) in [5.41, 5.74) is 2.55. The Bertz CT molecular complexity index is 516. The van der Waals surface area contributed by atoms with E-state index in [1.54, 1.807) is 13.8 Å². The highest BCUT2D eigenvalue weighted by atomic mass is 16.7. The molecule has 2 heterocycles. The van der Waals surface area contributed by atoms with Gasteiger partial charge in [-0.05, 0) is 20.3 Å². The molecule has 0 amide bonds. The van der Waals surface area contributed by atoms with E-state index in [9.17, 15) is 15.0 Å². The fraction of sp³-hybridized carbons (Fsp3) is 0.957. The van der Waals surface area contributed by atoms with Gasteiger partial charge in [0.25, 0.3) is 0 Å². The Kier molecular flexibility index (Phi) is 11.7. The molecule has 0 spiro atoms. The van der Waals surface area contributed by atoms with Crippen LogP contribution in [0.1, 0.15) is 91.4 Å². The maximum Gasteiger partial charge on any atom is 0.353 e. The van der Waals surface area contributed by atoms with Crippen LogP contribution in [0.3, 0.4) is 0 Å². The molecule has 182 valence electrons. The molecule has 0 aromatic heterocycles. The largest absolute Gasteiger partial charge is 0.388 e. The first-order valence-corrected chi connectivity index (χ1v) is 12.1. The normalized spacial score (nSPS) is 28.7. The lowest BCUT2D eigenvalue weighted by Crippen LogP contribution is -2.64. The Labute approximate surface area is 186 Å². The molecule has 0 bridgehead atoms. The van der Waals surface area contributed by atoms with Crippen molar-refractivity contribution in [3.63, 3.8) is 0 Å². The van der Waals surface area contributed by atoms with Gasteiger partial charge in [-0.1, -0.05) is 71.1 Å². The van der Waals surface area contributed by atoms with Crippen LogP contribution < -0.4 is 5.48 Å². The first-order valence-electron chi connectivity index (χ1n) is 12.1. The van der Waals surface area contributed by atoms with Crippen molar-refractivity contribution in [2.75, 3.05) is 13.2 Å². The molecule has 0 saturated carbocycles. The van der Waals surface area contributed by atoms with E-state index in [1.165, 1.54) is 44.9 Å². The van der Waals surface area contributed by atoms with Gasteiger partial charge in [0.15, 0.2) is 11.9 Å². The summed E-state index contributed by atoms with van der Waals surface area (Å²) in [6, 6.07) is -0.636. The van der Waals surface area contributed by atoms with Crippen LogP contribution in [0.25, 0.3) is 0 Å². The molecule has 2 rings (SSSR count). The van der Waals surface area contributed by atoms with E-state index in [4.69, 9.17) is 19.0 Å². The number of fused-ring (bicyclic) bond motifs is 1. The van der Waals surface area contributed by atoms with Crippen LogP contribution in [0.5, 0.6) is 0 Å².